The first-order valence-electron chi connectivity index (χ1n) is 10.8. The quantitative estimate of drug-likeness (QED) is 0.481. The lowest BCUT2D eigenvalue weighted by Crippen LogP contribution is -2.68. The smallest absolute Gasteiger partial charge is 0.257 e. The van der Waals surface area contributed by atoms with Gasteiger partial charge in [0.1, 0.15) is 0 Å². The predicted octanol–water partition coefficient (Wildman–Crippen LogP) is 3.27. The van der Waals surface area contributed by atoms with Crippen LogP contribution < -0.4 is 10.6 Å². The summed E-state index contributed by atoms with van der Waals surface area (Å²) < 4.78 is 27.5. The second-order valence-corrected chi connectivity index (χ2v) is 11.3. The predicted molar refractivity (Wildman–Crippen MR) is 132 cm³/mol. The molecule has 4 rings (SSSR count). The molecule has 0 aromatic heterocycles. The summed E-state index contributed by atoms with van der Waals surface area (Å²) in [4.78, 5) is 11.4. The number of nitrogens with zero attached hydrogens (tertiary/aromatic N) is 1. The van der Waals surface area contributed by atoms with Gasteiger partial charge in [0.2, 0.25) is 14.7 Å². The summed E-state index contributed by atoms with van der Waals surface area (Å²) >= 11 is 1.46. The number of sulfone groups is 1. The normalized spacial score (nSPS) is 18.6. The van der Waals surface area contributed by atoms with Gasteiger partial charge in [-0.25, -0.2) is 8.42 Å². The largest absolute Gasteiger partial charge is 0.352 e. The molecule has 3 aromatic carbocycles. The molecule has 0 spiro atoms. The molecule has 3 aromatic rings. The minimum Gasteiger partial charge on any atom is -0.352 e. The molecule has 0 unspecified atom stereocenters. The molecule has 170 valence electrons. The molecular weight excluding hydrogens is 454 g/mol. The molecule has 0 bridgehead atoms. The maximum atomic E-state index is 13.7. The van der Waals surface area contributed by atoms with Gasteiger partial charge in [-0.3, -0.25) is 10.1 Å². The maximum absolute atomic E-state index is 13.7. The van der Waals surface area contributed by atoms with E-state index in [4.69, 9.17) is 5.26 Å². The van der Waals surface area contributed by atoms with Gasteiger partial charge in [0, 0.05) is 18.8 Å². The second kappa shape index (κ2) is 9.96. The van der Waals surface area contributed by atoms with Crippen LogP contribution in [0.4, 0.5) is 0 Å². The van der Waals surface area contributed by atoms with E-state index in [0.29, 0.717) is 24.4 Å². The van der Waals surface area contributed by atoms with Crippen LogP contribution in [0.5, 0.6) is 0 Å². The number of thioether (sulfide) groups is 1. The Hall–Kier alpha value is -2.86. The third-order valence-corrected chi connectivity index (χ3v) is 9.48. The van der Waals surface area contributed by atoms with Crippen molar-refractivity contribution in [1.82, 2.24) is 10.6 Å². The van der Waals surface area contributed by atoms with Crippen LogP contribution in [-0.2, 0) is 21.1 Å². The van der Waals surface area contributed by atoms with Crippen LogP contribution in [-0.4, -0.2) is 43.8 Å². The van der Waals surface area contributed by atoms with Crippen LogP contribution in [0.1, 0.15) is 17.5 Å². The molecule has 1 heterocycles. The van der Waals surface area contributed by atoms with Gasteiger partial charge in [-0.2, -0.15) is 17.0 Å². The van der Waals surface area contributed by atoms with Gasteiger partial charge >= 0.3 is 0 Å². The van der Waals surface area contributed by atoms with E-state index in [1.165, 1.54) is 11.8 Å². The number of amides is 1. The minimum atomic E-state index is -3.99. The molecule has 0 aliphatic carbocycles. The summed E-state index contributed by atoms with van der Waals surface area (Å²) in [5.41, 5.74) is 1.75. The molecule has 1 aliphatic heterocycles. The van der Waals surface area contributed by atoms with Crippen LogP contribution in [0.25, 0.3) is 10.8 Å². The number of nitriles is 1. The Morgan fingerprint density at radius 2 is 1.76 bits per heavy atom. The van der Waals surface area contributed by atoms with Gasteiger partial charge in [-0.1, -0.05) is 42.5 Å². The number of rotatable bonds is 8. The Bertz CT molecular complexity index is 1300. The maximum Gasteiger partial charge on any atom is 0.257 e. The molecule has 1 aliphatic rings. The Morgan fingerprint density at radius 3 is 2.48 bits per heavy atom. The molecule has 8 heteroatoms. The molecule has 1 saturated heterocycles. The molecule has 33 heavy (non-hydrogen) atoms. The van der Waals surface area contributed by atoms with Crippen LogP contribution in [0.3, 0.4) is 0 Å². The average molecular weight is 480 g/mol. The topological polar surface area (TPSA) is 99.1 Å². The fraction of sp³-hybridized carbons (Fsp3) is 0.280. The van der Waals surface area contributed by atoms with Crippen molar-refractivity contribution >= 4 is 38.3 Å². The molecule has 6 nitrogen and oxygen atoms in total. The van der Waals surface area contributed by atoms with Gasteiger partial charge in [0.05, 0.1) is 16.5 Å². The van der Waals surface area contributed by atoms with Crippen molar-refractivity contribution in [2.24, 2.45) is 0 Å². The van der Waals surface area contributed by atoms with E-state index in [2.05, 4.69) is 16.7 Å². The van der Waals surface area contributed by atoms with Crippen molar-refractivity contribution in [2.75, 3.05) is 24.6 Å². The molecule has 1 atom stereocenters. The van der Waals surface area contributed by atoms with E-state index < -0.39 is 20.6 Å². The highest BCUT2D eigenvalue weighted by Gasteiger charge is 2.52. The molecule has 2 N–H and O–H groups in total. The zero-order valence-corrected chi connectivity index (χ0v) is 19.7. The zero-order valence-electron chi connectivity index (χ0n) is 18.1. The van der Waals surface area contributed by atoms with Crippen LogP contribution in [0.2, 0.25) is 0 Å². The number of carbonyl (C=O) groups excluding carboxylic acids is 1. The zero-order chi connectivity index (χ0) is 23.3. The summed E-state index contributed by atoms with van der Waals surface area (Å²) in [5.74, 6) is 0.340. The van der Waals surface area contributed by atoms with E-state index in [1.54, 1.807) is 30.3 Å². The van der Waals surface area contributed by atoms with Crippen molar-refractivity contribution in [3.63, 3.8) is 0 Å². The van der Waals surface area contributed by atoms with Gasteiger partial charge in [0.15, 0.2) is 0 Å². The van der Waals surface area contributed by atoms with Crippen LogP contribution in [0, 0.1) is 11.3 Å². The van der Waals surface area contributed by atoms with Crippen molar-refractivity contribution in [1.29, 1.82) is 5.26 Å². The first-order valence-corrected chi connectivity index (χ1v) is 13.4. The lowest BCUT2D eigenvalue weighted by molar-refractivity contribution is -0.125. The van der Waals surface area contributed by atoms with Gasteiger partial charge in [0.25, 0.3) is 5.91 Å². The van der Waals surface area contributed by atoms with Crippen LogP contribution >= 0.6 is 11.8 Å². The summed E-state index contributed by atoms with van der Waals surface area (Å²) in [6.07, 6.45) is 1.66. The number of hydrogen-bond acceptors (Lipinski definition) is 6. The number of benzene rings is 3. The number of piperazine rings is 1. The third-order valence-electron chi connectivity index (χ3n) is 5.82. The first-order chi connectivity index (χ1) is 16.0. The van der Waals surface area contributed by atoms with Crippen molar-refractivity contribution in [2.45, 2.75) is 22.6 Å². The summed E-state index contributed by atoms with van der Waals surface area (Å²) in [6, 6.07) is 22.1. The van der Waals surface area contributed by atoms with Crippen molar-refractivity contribution in [3.8, 4) is 6.07 Å². The summed E-state index contributed by atoms with van der Waals surface area (Å²) in [5, 5.41) is 16.5. The Morgan fingerprint density at radius 1 is 1.00 bits per heavy atom. The second-order valence-electron chi connectivity index (χ2n) is 7.99. The SMILES string of the molecule is N#Cc1ccc(CCCSC[C@]2(S(=O)(=O)c3ccc4ccccc4c3)NCCNC2=O)cc1. The summed E-state index contributed by atoms with van der Waals surface area (Å²) in [7, 11) is -3.99. The highest BCUT2D eigenvalue weighted by atomic mass is 32.2. The average Bonchev–Trinajstić information content (AvgIpc) is 2.85. The number of nitrogens with one attached hydrogen (secondary N) is 2. The Labute approximate surface area is 198 Å². The lowest BCUT2D eigenvalue weighted by Gasteiger charge is -2.36. The highest BCUT2D eigenvalue weighted by Crippen LogP contribution is 2.31. The van der Waals surface area contributed by atoms with Gasteiger partial charge in [-0.05, 0) is 59.2 Å². The Balaban J connectivity index is 1.49. The van der Waals surface area contributed by atoms with Crippen molar-refractivity contribution < 1.29 is 13.2 Å². The fourth-order valence-corrected chi connectivity index (χ4v) is 7.37. The van der Waals surface area contributed by atoms with E-state index in [-0.39, 0.29) is 10.6 Å². The van der Waals surface area contributed by atoms with E-state index >= 15 is 0 Å². The lowest BCUT2D eigenvalue weighted by atomic mass is 10.1. The fourth-order valence-electron chi connectivity index (χ4n) is 3.95. The number of hydrogen-bond donors (Lipinski definition) is 2. The Kier molecular flexibility index (Phi) is 7.03. The number of fused-ring (bicyclic) bond motifs is 1. The minimum absolute atomic E-state index is 0.126. The first kappa shape index (κ1) is 23.3. The molecule has 0 radical (unpaired) electrons. The number of aryl methyl sites for hydroxylation is 1. The van der Waals surface area contributed by atoms with E-state index in [0.717, 1.165) is 29.2 Å². The van der Waals surface area contributed by atoms with Gasteiger partial charge < -0.3 is 5.32 Å². The van der Waals surface area contributed by atoms with E-state index in [1.807, 2.05) is 36.4 Å². The third kappa shape index (κ3) is 4.76. The standard InChI is InChI=1S/C25H25N3O3S2/c26-17-20-9-7-19(8-10-20)4-3-15-32-18-25(24(29)27-13-14-28-25)33(30,31)23-12-11-21-5-1-2-6-22(21)16-23/h1-2,5-12,16,28H,3-4,13-15,18H2,(H,27,29)/t25-/m1/s1. The molecule has 1 amide bonds. The number of carbonyl (C=O) groups is 1. The molecule has 0 saturated carbocycles. The van der Waals surface area contributed by atoms with Gasteiger partial charge in [-0.15, -0.1) is 0 Å². The van der Waals surface area contributed by atoms with Crippen molar-refractivity contribution in [3.05, 3.63) is 77.9 Å². The summed E-state index contributed by atoms with van der Waals surface area (Å²) in [6.45, 7) is 0.793. The molecule has 1 fully saturated rings. The monoisotopic (exact) mass is 479 g/mol. The molecular formula is C25H25N3O3S2. The highest BCUT2D eigenvalue weighted by molar-refractivity contribution is 8.01. The van der Waals surface area contributed by atoms with E-state index in [9.17, 15) is 13.2 Å². The van der Waals surface area contributed by atoms with Crippen LogP contribution in [0.15, 0.2) is 71.6 Å².